The highest BCUT2D eigenvalue weighted by Gasteiger charge is 2.47. The SMILES string of the molecule is COc1ccccc1C(Cn1c(=O)n(C(C)(C)C(=O)O)c(=O)c2c(C)c(-c3ncco3)sc21)O[C@H]1C[C@H]2CC(C)C(O)[C@H]2C1. The number of ether oxygens (including phenoxy) is 2. The van der Waals surface area contributed by atoms with Crippen LogP contribution in [0.5, 0.6) is 5.75 Å². The Morgan fingerprint density at radius 2 is 1.98 bits per heavy atom. The number of nitrogens with zero attached hydrogens (tertiary/aromatic N) is 3. The maximum Gasteiger partial charge on any atom is 0.333 e. The van der Waals surface area contributed by atoms with Crippen molar-refractivity contribution in [1.29, 1.82) is 0 Å². The number of oxazole rings is 1. The van der Waals surface area contributed by atoms with Gasteiger partial charge in [-0.1, -0.05) is 25.1 Å². The first-order chi connectivity index (χ1) is 20.9. The number of aryl methyl sites for hydroxylation is 1. The average Bonchev–Trinajstić information content (AvgIpc) is 3.77. The number of fused-ring (bicyclic) bond motifs is 2. The number of aromatic nitrogens is 3. The molecule has 4 aromatic rings. The molecule has 2 saturated carbocycles. The minimum Gasteiger partial charge on any atom is -0.496 e. The molecule has 0 spiro atoms. The molecular formula is C32H37N3O8S. The van der Waals surface area contributed by atoms with Gasteiger partial charge >= 0.3 is 11.7 Å². The molecule has 2 N–H and O–H groups in total. The lowest BCUT2D eigenvalue weighted by molar-refractivity contribution is -0.146. The van der Waals surface area contributed by atoms with E-state index in [2.05, 4.69) is 11.9 Å². The number of aliphatic hydroxyl groups excluding tert-OH is 1. The van der Waals surface area contributed by atoms with E-state index in [9.17, 15) is 24.6 Å². The summed E-state index contributed by atoms with van der Waals surface area (Å²) < 4.78 is 20.3. The van der Waals surface area contributed by atoms with E-state index < -0.39 is 28.9 Å². The van der Waals surface area contributed by atoms with Gasteiger partial charge in [0.2, 0.25) is 5.89 Å². The number of rotatable bonds is 9. The lowest BCUT2D eigenvalue weighted by Gasteiger charge is -2.28. The van der Waals surface area contributed by atoms with Crippen LogP contribution in [0.25, 0.3) is 21.0 Å². The first kappa shape index (κ1) is 30.3. The van der Waals surface area contributed by atoms with Crippen LogP contribution in [0, 0.1) is 24.7 Å². The molecule has 0 radical (unpaired) electrons. The Morgan fingerprint density at radius 1 is 1.23 bits per heavy atom. The number of aliphatic hydroxyl groups is 1. The minimum absolute atomic E-state index is 0.0124. The molecule has 44 heavy (non-hydrogen) atoms. The van der Waals surface area contributed by atoms with E-state index in [4.69, 9.17) is 13.9 Å². The van der Waals surface area contributed by atoms with Crippen LogP contribution in [0.1, 0.15) is 57.3 Å². The first-order valence-electron chi connectivity index (χ1n) is 14.8. The summed E-state index contributed by atoms with van der Waals surface area (Å²) in [6.45, 7) is 6.48. The number of carboxylic acids is 1. The van der Waals surface area contributed by atoms with Gasteiger partial charge in [0.15, 0.2) is 0 Å². The third-order valence-electron chi connectivity index (χ3n) is 9.51. The Hall–Kier alpha value is -3.74. The normalized spacial score (nSPS) is 24.1. The molecule has 11 nitrogen and oxygen atoms in total. The van der Waals surface area contributed by atoms with Gasteiger partial charge in [-0.3, -0.25) is 9.36 Å². The zero-order valence-electron chi connectivity index (χ0n) is 25.4. The maximum absolute atomic E-state index is 14.3. The van der Waals surface area contributed by atoms with Gasteiger partial charge in [0.1, 0.15) is 28.5 Å². The molecule has 0 amide bonds. The second-order valence-corrected chi connectivity index (χ2v) is 13.6. The van der Waals surface area contributed by atoms with Crippen molar-refractivity contribution < 1.29 is 28.9 Å². The fourth-order valence-corrected chi connectivity index (χ4v) is 8.37. The van der Waals surface area contributed by atoms with Crippen LogP contribution >= 0.6 is 11.3 Å². The Kier molecular flexibility index (Phi) is 7.79. The topological polar surface area (TPSA) is 146 Å². The largest absolute Gasteiger partial charge is 0.496 e. The van der Waals surface area contributed by atoms with E-state index in [1.165, 1.54) is 42.2 Å². The number of carboxylic acid groups (broad SMARTS) is 1. The first-order valence-corrected chi connectivity index (χ1v) is 15.6. The van der Waals surface area contributed by atoms with Crippen LogP contribution < -0.4 is 16.0 Å². The summed E-state index contributed by atoms with van der Waals surface area (Å²) >= 11 is 1.19. The molecule has 0 aliphatic heterocycles. The minimum atomic E-state index is -1.84. The van der Waals surface area contributed by atoms with Gasteiger partial charge in [0, 0.05) is 5.56 Å². The zero-order valence-corrected chi connectivity index (χ0v) is 26.2. The van der Waals surface area contributed by atoms with Crippen LogP contribution in [0.15, 0.2) is 50.7 Å². The summed E-state index contributed by atoms with van der Waals surface area (Å²) in [7, 11) is 1.57. The third-order valence-corrected chi connectivity index (χ3v) is 10.8. The van der Waals surface area contributed by atoms with Gasteiger partial charge in [0.25, 0.3) is 5.56 Å². The second-order valence-electron chi connectivity index (χ2n) is 12.6. The summed E-state index contributed by atoms with van der Waals surface area (Å²) in [5.74, 6) is 0.334. The molecule has 0 saturated heterocycles. The van der Waals surface area contributed by atoms with Crippen molar-refractivity contribution in [3.8, 4) is 16.5 Å². The van der Waals surface area contributed by atoms with Crippen LogP contribution in [0.2, 0.25) is 0 Å². The van der Waals surface area contributed by atoms with E-state index in [0.717, 1.165) is 23.0 Å². The van der Waals surface area contributed by atoms with Crippen molar-refractivity contribution in [3.63, 3.8) is 0 Å². The fourth-order valence-electron chi connectivity index (χ4n) is 7.12. The summed E-state index contributed by atoms with van der Waals surface area (Å²) in [6, 6.07) is 7.42. The van der Waals surface area contributed by atoms with Gasteiger partial charge in [-0.05, 0) is 69.4 Å². The second kappa shape index (κ2) is 11.3. The van der Waals surface area contributed by atoms with Gasteiger partial charge in [-0.15, -0.1) is 11.3 Å². The third kappa shape index (κ3) is 4.89. The van der Waals surface area contributed by atoms with Crippen LogP contribution in [-0.4, -0.2) is 49.6 Å². The smallest absolute Gasteiger partial charge is 0.333 e. The van der Waals surface area contributed by atoms with Crippen LogP contribution in [0.4, 0.5) is 0 Å². The number of methoxy groups -OCH3 is 1. The van der Waals surface area contributed by atoms with Crippen molar-refractivity contribution >= 4 is 27.5 Å². The number of carbonyl (C=O) groups is 1. The fraction of sp³-hybridized carbons (Fsp3) is 0.500. The molecule has 3 aromatic heterocycles. The lowest BCUT2D eigenvalue weighted by atomic mass is 9.99. The van der Waals surface area contributed by atoms with Crippen molar-refractivity contribution in [2.24, 2.45) is 17.8 Å². The van der Waals surface area contributed by atoms with Gasteiger partial charge in [-0.25, -0.2) is 19.1 Å². The van der Waals surface area contributed by atoms with Gasteiger partial charge in [0.05, 0.1) is 42.3 Å². The molecule has 2 fully saturated rings. The van der Waals surface area contributed by atoms with E-state index in [1.807, 2.05) is 24.3 Å². The quantitative estimate of drug-likeness (QED) is 0.274. The summed E-state index contributed by atoms with van der Waals surface area (Å²) in [4.78, 5) is 45.8. The highest BCUT2D eigenvalue weighted by Crippen LogP contribution is 2.49. The predicted molar refractivity (Wildman–Crippen MR) is 164 cm³/mol. The number of hydrogen-bond donors (Lipinski definition) is 2. The van der Waals surface area contributed by atoms with Gasteiger partial charge < -0.3 is 24.1 Å². The number of aliphatic carboxylic acids is 1. The number of para-hydroxylation sites is 1. The molecule has 6 rings (SSSR count). The number of thiophene rings is 1. The van der Waals surface area contributed by atoms with Crippen molar-refractivity contribution in [2.75, 3.05) is 7.11 Å². The van der Waals surface area contributed by atoms with E-state index >= 15 is 0 Å². The monoisotopic (exact) mass is 623 g/mol. The Labute approximate surface area is 257 Å². The molecule has 3 heterocycles. The molecule has 234 valence electrons. The average molecular weight is 624 g/mol. The summed E-state index contributed by atoms with van der Waals surface area (Å²) in [5, 5.41) is 21.1. The molecule has 6 atom stereocenters. The highest BCUT2D eigenvalue weighted by atomic mass is 32.1. The predicted octanol–water partition coefficient (Wildman–Crippen LogP) is 4.57. The Morgan fingerprint density at radius 3 is 2.64 bits per heavy atom. The van der Waals surface area contributed by atoms with E-state index in [0.29, 0.717) is 39.2 Å². The zero-order chi connectivity index (χ0) is 31.5. The summed E-state index contributed by atoms with van der Waals surface area (Å²) in [5.41, 5.74) is -2.02. The highest BCUT2D eigenvalue weighted by molar-refractivity contribution is 7.22. The number of benzene rings is 1. The molecular weight excluding hydrogens is 586 g/mol. The van der Waals surface area contributed by atoms with Crippen LogP contribution in [0.3, 0.4) is 0 Å². The molecule has 2 aliphatic rings. The van der Waals surface area contributed by atoms with E-state index in [1.54, 1.807) is 14.0 Å². The molecule has 0 bridgehead atoms. The Balaban J connectivity index is 1.52. The van der Waals surface area contributed by atoms with Crippen molar-refractivity contribution in [3.05, 3.63) is 68.7 Å². The van der Waals surface area contributed by atoms with Crippen molar-refractivity contribution in [2.45, 2.75) is 77.4 Å². The molecule has 2 aliphatic carbocycles. The molecule has 12 heteroatoms. The maximum atomic E-state index is 14.3. The molecule has 1 aromatic carbocycles. The number of hydrogen-bond acceptors (Lipinski definition) is 9. The standard InChI is InChI=1S/C32H37N3O8S/c1-16-12-18-13-19(14-21(18)25(16)36)43-23(20-8-6-7-9-22(20)41-5)15-34-29-24(17(2)26(44-29)27-33-10-11-42-27)28(37)35(31(34)40)32(3,4)30(38)39/h6-11,16,18-19,21,23,25,36H,12-15H2,1-5H3,(H,38,39)/t16?,18-,19+,21+,23?,25?/m1/s1. The Bertz CT molecular complexity index is 1820. The van der Waals surface area contributed by atoms with Crippen LogP contribution in [-0.2, 0) is 21.6 Å². The summed E-state index contributed by atoms with van der Waals surface area (Å²) in [6.07, 6.45) is 4.14. The van der Waals surface area contributed by atoms with Gasteiger partial charge in [-0.2, -0.15) is 0 Å². The van der Waals surface area contributed by atoms with E-state index in [-0.39, 0.29) is 36.0 Å². The van der Waals surface area contributed by atoms with Crippen molar-refractivity contribution in [1.82, 2.24) is 14.1 Å². The lowest BCUT2D eigenvalue weighted by Crippen LogP contribution is -2.52. The molecule has 3 unspecified atom stereocenters.